The van der Waals surface area contributed by atoms with Crippen LogP contribution in [0.25, 0.3) is 0 Å². The second kappa shape index (κ2) is 6.51. The molecule has 2 amide bonds. The molecule has 9 heteroatoms. The molecule has 0 aromatic carbocycles. The molecule has 2 fully saturated rings. The van der Waals surface area contributed by atoms with Crippen LogP contribution in [0.2, 0.25) is 0 Å². The quantitative estimate of drug-likeness (QED) is 0.415. The van der Waals surface area contributed by atoms with Crippen molar-refractivity contribution in [2.45, 2.75) is 55.6 Å². The Morgan fingerprint density at radius 1 is 1.14 bits per heavy atom. The summed E-state index contributed by atoms with van der Waals surface area (Å²) in [6.45, 7) is 0. The highest BCUT2D eigenvalue weighted by atomic mass is 32.2. The van der Waals surface area contributed by atoms with Gasteiger partial charge >= 0.3 is 0 Å². The first-order valence-corrected chi connectivity index (χ1v) is 9.11. The lowest BCUT2D eigenvalue weighted by Gasteiger charge is -2.33. The number of carbonyl (C=O) groups excluding carboxylic acids is 2. The Labute approximate surface area is 129 Å². The molecule has 2 rings (SSSR count). The zero-order valence-corrected chi connectivity index (χ0v) is 13.0. The number of nitrogens with one attached hydrogen (secondary N) is 1. The molecule has 2 aliphatic carbocycles. The summed E-state index contributed by atoms with van der Waals surface area (Å²) in [6.07, 6.45) is 0.933. The van der Waals surface area contributed by atoms with Gasteiger partial charge in [-0.1, -0.05) is 0 Å². The fourth-order valence-corrected chi connectivity index (χ4v) is 4.69. The SMILES string of the molecule is NC(=O)[C@H](C(=O)NC1C(O)CCCC1O)S(=O)(=O)CC1CC1. The maximum absolute atomic E-state index is 12.2. The van der Waals surface area contributed by atoms with Crippen molar-refractivity contribution in [3.63, 3.8) is 0 Å². The molecule has 2 unspecified atom stereocenters. The Kier molecular flexibility index (Phi) is 5.08. The monoisotopic (exact) mass is 334 g/mol. The molecule has 8 nitrogen and oxygen atoms in total. The third-order valence-corrected chi connectivity index (χ3v) is 6.26. The zero-order chi connectivity index (χ0) is 16.5. The summed E-state index contributed by atoms with van der Waals surface area (Å²) in [5, 5.41) is 20.0. The minimum atomic E-state index is -3.99. The molecule has 22 heavy (non-hydrogen) atoms. The number of nitrogens with two attached hydrogens (primary N) is 1. The van der Waals surface area contributed by atoms with Crippen LogP contribution in [-0.4, -0.2) is 59.7 Å². The van der Waals surface area contributed by atoms with Crippen molar-refractivity contribution in [2.75, 3.05) is 5.75 Å². The van der Waals surface area contributed by atoms with Gasteiger partial charge in [0.2, 0.25) is 17.1 Å². The Morgan fingerprint density at radius 2 is 1.68 bits per heavy atom. The van der Waals surface area contributed by atoms with Crippen molar-refractivity contribution in [3.05, 3.63) is 0 Å². The lowest BCUT2D eigenvalue weighted by molar-refractivity contribution is -0.129. The summed E-state index contributed by atoms with van der Waals surface area (Å²) in [7, 11) is -3.99. The fraction of sp³-hybridized carbons (Fsp3) is 0.846. The maximum Gasteiger partial charge on any atom is 0.248 e. The maximum atomic E-state index is 12.2. The van der Waals surface area contributed by atoms with E-state index in [0.29, 0.717) is 19.3 Å². The first-order valence-electron chi connectivity index (χ1n) is 7.39. The van der Waals surface area contributed by atoms with Crippen molar-refractivity contribution in [3.8, 4) is 0 Å². The van der Waals surface area contributed by atoms with E-state index in [1.165, 1.54) is 0 Å². The van der Waals surface area contributed by atoms with Crippen LogP contribution in [0.4, 0.5) is 0 Å². The van der Waals surface area contributed by atoms with E-state index in [9.17, 15) is 28.2 Å². The highest BCUT2D eigenvalue weighted by Crippen LogP contribution is 2.31. The summed E-state index contributed by atoms with van der Waals surface area (Å²) in [5.41, 5.74) is 5.09. The summed E-state index contributed by atoms with van der Waals surface area (Å²) >= 11 is 0. The predicted molar refractivity (Wildman–Crippen MR) is 77.3 cm³/mol. The van der Waals surface area contributed by atoms with Crippen molar-refractivity contribution < 1.29 is 28.2 Å². The molecule has 0 aromatic rings. The molecule has 0 aromatic heterocycles. The van der Waals surface area contributed by atoms with Gasteiger partial charge in [0.05, 0.1) is 24.0 Å². The molecule has 0 radical (unpaired) electrons. The highest BCUT2D eigenvalue weighted by Gasteiger charge is 2.43. The minimum Gasteiger partial charge on any atom is -0.391 e. The number of sulfone groups is 1. The largest absolute Gasteiger partial charge is 0.391 e. The summed E-state index contributed by atoms with van der Waals surface area (Å²) < 4.78 is 24.4. The lowest BCUT2D eigenvalue weighted by atomic mass is 9.90. The van der Waals surface area contributed by atoms with Crippen LogP contribution < -0.4 is 11.1 Å². The van der Waals surface area contributed by atoms with E-state index < -0.39 is 45.2 Å². The van der Waals surface area contributed by atoms with Crippen LogP contribution >= 0.6 is 0 Å². The third-order valence-electron chi connectivity index (χ3n) is 4.16. The van der Waals surface area contributed by atoms with Gasteiger partial charge in [-0.15, -0.1) is 0 Å². The van der Waals surface area contributed by atoms with Crippen LogP contribution in [0, 0.1) is 5.92 Å². The normalized spacial score (nSPS) is 30.5. The summed E-state index contributed by atoms with van der Waals surface area (Å²) in [6, 6.07) is -0.987. The molecule has 0 aliphatic heterocycles. The van der Waals surface area contributed by atoms with Gasteiger partial charge in [-0.25, -0.2) is 8.42 Å². The molecule has 3 atom stereocenters. The van der Waals surface area contributed by atoms with Gasteiger partial charge in [-0.3, -0.25) is 9.59 Å². The first-order chi connectivity index (χ1) is 10.2. The molecule has 0 saturated heterocycles. The van der Waals surface area contributed by atoms with E-state index in [-0.39, 0.29) is 11.7 Å². The second-order valence-corrected chi connectivity index (χ2v) is 8.29. The fourth-order valence-electron chi connectivity index (χ4n) is 2.76. The van der Waals surface area contributed by atoms with Gasteiger partial charge in [-0.2, -0.15) is 0 Å². The summed E-state index contributed by atoms with van der Waals surface area (Å²) in [4.78, 5) is 23.6. The van der Waals surface area contributed by atoms with Crippen LogP contribution in [0.15, 0.2) is 0 Å². The van der Waals surface area contributed by atoms with Gasteiger partial charge in [-0.05, 0) is 38.0 Å². The number of hydrogen-bond acceptors (Lipinski definition) is 6. The van der Waals surface area contributed by atoms with Crippen LogP contribution in [0.3, 0.4) is 0 Å². The van der Waals surface area contributed by atoms with Crippen molar-refractivity contribution in [2.24, 2.45) is 11.7 Å². The first kappa shape index (κ1) is 17.2. The Balaban J connectivity index is 2.10. The van der Waals surface area contributed by atoms with Gasteiger partial charge in [0.1, 0.15) is 0 Å². The molecule has 0 heterocycles. The van der Waals surface area contributed by atoms with Gasteiger partial charge in [0.25, 0.3) is 0 Å². The number of aliphatic hydroxyl groups is 2. The Morgan fingerprint density at radius 3 is 2.14 bits per heavy atom. The number of primary amides is 1. The van der Waals surface area contributed by atoms with Crippen molar-refractivity contribution in [1.82, 2.24) is 5.32 Å². The van der Waals surface area contributed by atoms with Gasteiger partial charge in [0.15, 0.2) is 9.84 Å². The van der Waals surface area contributed by atoms with Gasteiger partial charge < -0.3 is 21.3 Å². The highest BCUT2D eigenvalue weighted by molar-refractivity contribution is 7.93. The van der Waals surface area contributed by atoms with Crippen molar-refractivity contribution >= 4 is 21.7 Å². The van der Waals surface area contributed by atoms with Crippen molar-refractivity contribution in [1.29, 1.82) is 0 Å². The molecule has 2 aliphatic rings. The Hall–Kier alpha value is -1.19. The minimum absolute atomic E-state index is 0.0227. The topological polar surface area (TPSA) is 147 Å². The molecule has 0 bridgehead atoms. The van der Waals surface area contributed by atoms with Crippen LogP contribution in [0.1, 0.15) is 32.1 Å². The zero-order valence-electron chi connectivity index (χ0n) is 12.1. The number of aliphatic hydroxyl groups excluding tert-OH is 2. The van der Waals surface area contributed by atoms with Gasteiger partial charge in [0, 0.05) is 0 Å². The molecule has 0 spiro atoms. The Bertz CT molecular complexity index is 535. The number of hydrogen-bond donors (Lipinski definition) is 4. The molecule has 126 valence electrons. The molecular weight excluding hydrogens is 312 g/mol. The van der Waals surface area contributed by atoms with Crippen LogP contribution in [0.5, 0.6) is 0 Å². The second-order valence-electron chi connectivity index (χ2n) is 6.16. The molecular formula is C13H22N2O6S. The lowest BCUT2D eigenvalue weighted by Crippen LogP contribution is -2.58. The van der Waals surface area contributed by atoms with E-state index in [2.05, 4.69) is 5.32 Å². The number of carbonyl (C=O) groups is 2. The average Bonchev–Trinajstić information content (AvgIpc) is 3.16. The van der Waals surface area contributed by atoms with E-state index in [1.54, 1.807) is 0 Å². The third kappa shape index (κ3) is 3.96. The smallest absolute Gasteiger partial charge is 0.248 e. The predicted octanol–water partition coefficient (Wildman–Crippen LogP) is -1.94. The van der Waals surface area contributed by atoms with E-state index >= 15 is 0 Å². The summed E-state index contributed by atoms with van der Waals surface area (Å²) in [5.74, 6) is -2.58. The number of rotatable bonds is 6. The van der Waals surface area contributed by atoms with Crippen LogP contribution in [-0.2, 0) is 19.4 Å². The average molecular weight is 334 g/mol. The standard InChI is InChI=1S/C13H22N2O6S/c14-12(18)11(22(20,21)6-7-4-5-7)13(19)15-10-8(16)2-1-3-9(10)17/h7-11,16-17H,1-6H2,(H2,14,18)(H,15,19)/t8?,9?,10?,11-/m1/s1. The van der Waals surface area contributed by atoms with E-state index in [0.717, 1.165) is 12.8 Å². The molecule has 2 saturated carbocycles. The molecule has 5 N–H and O–H groups in total. The number of amides is 2. The van der Waals surface area contributed by atoms with E-state index in [1.807, 2.05) is 0 Å². The van der Waals surface area contributed by atoms with E-state index in [4.69, 9.17) is 5.73 Å².